The molecule has 0 spiro atoms. The molecule has 3 N–H and O–H groups in total. The van der Waals surface area contributed by atoms with E-state index in [4.69, 9.17) is 15.3 Å². The normalized spacial score (nSPS) is 8.57. The summed E-state index contributed by atoms with van der Waals surface area (Å²) >= 11 is 0. The maximum atomic E-state index is 9.55. The standard InChI is InChI=1S/C4H4O4.C4H6O2/c5-3(6)1-2-4(7)8;1-2-3-4(5)6/h1-2H,(H,5,6)(H,7,8);2H,1,3H2,(H,5,6)/b2-1-;. The van der Waals surface area contributed by atoms with Crippen LogP contribution in [0.1, 0.15) is 6.42 Å². The Morgan fingerprint density at radius 2 is 1.36 bits per heavy atom. The van der Waals surface area contributed by atoms with Crippen molar-refractivity contribution in [2.45, 2.75) is 6.42 Å². The van der Waals surface area contributed by atoms with Crippen molar-refractivity contribution in [3.8, 4) is 0 Å². The molecule has 0 amide bonds. The monoisotopic (exact) mass is 202 g/mol. The van der Waals surface area contributed by atoms with Crippen LogP contribution in [0.25, 0.3) is 0 Å². The van der Waals surface area contributed by atoms with Crippen LogP contribution in [0.15, 0.2) is 24.8 Å². The molecule has 0 aromatic heterocycles. The Morgan fingerprint density at radius 1 is 1.00 bits per heavy atom. The lowest BCUT2D eigenvalue weighted by Gasteiger charge is -1.75. The van der Waals surface area contributed by atoms with E-state index in [2.05, 4.69) is 6.58 Å². The Morgan fingerprint density at radius 3 is 1.43 bits per heavy atom. The fraction of sp³-hybridized carbons (Fsp3) is 0.125. The third-order valence-corrected chi connectivity index (χ3v) is 0.687. The second-order valence-electron chi connectivity index (χ2n) is 1.90. The molecule has 14 heavy (non-hydrogen) atoms. The summed E-state index contributed by atoms with van der Waals surface area (Å²) in [6.45, 7) is 3.22. The van der Waals surface area contributed by atoms with Gasteiger partial charge in [0.1, 0.15) is 0 Å². The van der Waals surface area contributed by atoms with E-state index in [-0.39, 0.29) is 6.42 Å². The lowest BCUT2D eigenvalue weighted by Crippen LogP contribution is -1.91. The van der Waals surface area contributed by atoms with Gasteiger partial charge in [0.2, 0.25) is 0 Å². The molecule has 6 heteroatoms. The molecule has 78 valence electrons. The topological polar surface area (TPSA) is 112 Å². The van der Waals surface area contributed by atoms with E-state index in [0.29, 0.717) is 12.2 Å². The molecule has 0 aliphatic rings. The summed E-state index contributed by atoms with van der Waals surface area (Å²) in [6.07, 6.45) is 2.52. The lowest BCUT2D eigenvalue weighted by molar-refractivity contribution is -0.136. The summed E-state index contributed by atoms with van der Waals surface area (Å²) in [6, 6.07) is 0. The molecule has 0 aliphatic heterocycles. The number of hydrogen-bond donors (Lipinski definition) is 3. The van der Waals surface area contributed by atoms with Crippen molar-refractivity contribution < 1.29 is 29.7 Å². The van der Waals surface area contributed by atoms with Crippen molar-refractivity contribution in [2.75, 3.05) is 0 Å². The second kappa shape index (κ2) is 8.98. The van der Waals surface area contributed by atoms with Crippen LogP contribution in [0.5, 0.6) is 0 Å². The van der Waals surface area contributed by atoms with Gasteiger partial charge in [-0.15, -0.1) is 6.58 Å². The third-order valence-electron chi connectivity index (χ3n) is 0.687. The van der Waals surface area contributed by atoms with Gasteiger partial charge in [0, 0.05) is 12.2 Å². The molecule has 6 nitrogen and oxygen atoms in total. The average molecular weight is 202 g/mol. The quantitative estimate of drug-likeness (QED) is 0.448. The summed E-state index contributed by atoms with van der Waals surface area (Å²) in [5.74, 6) is -3.34. The van der Waals surface area contributed by atoms with Crippen LogP contribution in [-0.4, -0.2) is 33.2 Å². The first kappa shape index (κ1) is 14.4. The number of carboxylic acids is 3. The van der Waals surface area contributed by atoms with Gasteiger partial charge in [0.25, 0.3) is 0 Å². The Balaban J connectivity index is 0. The van der Waals surface area contributed by atoms with Crippen LogP contribution < -0.4 is 0 Å². The second-order valence-corrected chi connectivity index (χ2v) is 1.90. The molecule has 0 saturated carbocycles. The molecule has 0 aromatic carbocycles. The van der Waals surface area contributed by atoms with Crippen molar-refractivity contribution in [2.24, 2.45) is 0 Å². The maximum absolute atomic E-state index is 9.55. The highest BCUT2D eigenvalue weighted by molar-refractivity contribution is 5.89. The summed E-state index contributed by atoms with van der Waals surface area (Å²) in [7, 11) is 0. The molecule has 0 unspecified atom stereocenters. The van der Waals surface area contributed by atoms with Gasteiger partial charge >= 0.3 is 17.9 Å². The smallest absolute Gasteiger partial charge is 0.328 e. The molecular weight excluding hydrogens is 192 g/mol. The molecule has 0 aliphatic carbocycles. The zero-order chi connectivity index (χ0) is 11.6. The molecule has 0 bridgehead atoms. The number of carbonyl (C=O) groups is 3. The Kier molecular flexibility index (Phi) is 9.25. The van der Waals surface area contributed by atoms with Crippen molar-refractivity contribution >= 4 is 17.9 Å². The number of hydrogen-bond acceptors (Lipinski definition) is 3. The first-order valence-corrected chi connectivity index (χ1v) is 3.36. The first-order valence-electron chi connectivity index (χ1n) is 3.36. The van der Waals surface area contributed by atoms with E-state index in [9.17, 15) is 14.4 Å². The van der Waals surface area contributed by atoms with Gasteiger partial charge in [-0.05, 0) is 0 Å². The van der Waals surface area contributed by atoms with Gasteiger partial charge in [-0.25, -0.2) is 9.59 Å². The van der Waals surface area contributed by atoms with E-state index in [1.54, 1.807) is 0 Å². The van der Waals surface area contributed by atoms with Crippen LogP contribution in [0.3, 0.4) is 0 Å². The Labute approximate surface area is 79.8 Å². The predicted octanol–water partition coefficient (Wildman–Crippen LogP) is 0.359. The molecule has 0 atom stereocenters. The van der Waals surface area contributed by atoms with Crippen LogP contribution in [0.4, 0.5) is 0 Å². The van der Waals surface area contributed by atoms with E-state index in [0.717, 1.165) is 0 Å². The van der Waals surface area contributed by atoms with Crippen LogP contribution in [0.2, 0.25) is 0 Å². The SMILES string of the molecule is C=CCC(=O)O.O=C(O)/C=C\C(=O)O. The van der Waals surface area contributed by atoms with Crippen molar-refractivity contribution in [3.05, 3.63) is 24.8 Å². The van der Waals surface area contributed by atoms with Crippen LogP contribution >= 0.6 is 0 Å². The minimum absolute atomic E-state index is 0.0556. The lowest BCUT2D eigenvalue weighted by atomic mass is 10.4. The molecule has 0 radical (unpaired) electrons. The van der Waals surface area contributed by atoms with Crippen molar-refractivity contribution in [1.82, 2.24) is 0 Å². The Bertz CT molecular complexity index is 237. The summed E-state index contributed by atoms with van der Waals surface area (Å²) in [5, 5.41) is 23.5. The van der Waals surface area contributed by atoms with Gasteiger partial charge in [0.05, 0.1) is 6.42 Å². The zero-order valence-corrected chi connectivity index (χ0v) is 7.21. The summed E-state index contributed by atoms with van der Waals surface area (Å²) in [4.78, 5) is 28.6. The molecule has 0 rings (SSSR count). The number of carboxylic acid groups (broad SMARTS) is 3. The minimum atomic E-state index is -1.26. The molecule has 0 aromatic rings. The highest BCUT2D eigenvalue weighted by Gasteiger charge is 1.88. The van der Waals surface area contributed by atoms with Crippen LogP contribution in [-0.2, 0) is 14.4 Å². The van der Waals surface area contributed by atoms with Gasteiger partial charge in [-0.2, -0.15) is 0 Å². The van der Waals surface area contributed by atoms with Crippen LogP contribution in [0, 0.1) is 0 Å². The molecular formula is C8H10O6. The van der Waals surface area contributed by atoms with E-state index >= 15 is 0 Å². The molecule has 0 heterocycles. The van der Waals surface area contributed by atoms with E-state index in [1.807, 2.05) is 0 Å². The van der Waals surface area contributed by atoms with Gasteiger partial charge < -0.3 is 15.3 Å². The third kappa shape index (κ3) is 22.5. The fourth-order valence-electron chi connectivity index (χ4n) is 0.266. The largest absolute Gasteiger partial charge is 0.481 e. The Hall–Kier alpha value is -2.11. The molecule has 0 fully saturated rings. The highest BCUT2D eigenvalue weighted by atomic mass is 16.4. The van der Waals surface area contributed by atoms with Gasteiger partial charge in [-0.1, -0.05) is 6.08 Å². The molecule has 0 saturated heterocycles. The van der Waals surface area contributed by atoms with E-state index in [1.165, 1.54) is 6.08 Å². The van der Waals surface area contributed by atoms with Crippen molar-refractivity contribution in [3.63, 3.8) is 0 Å². The fourth-order valence-corrected chi connectivity index (χ4v) is 0.266. The summed E-state index contributed by atoms with van der Waals surface area (Å²) < 4.78 is 0. The first-order chi connectivity index (χ1) is 6.40. The predicted molar refractivity (Wildman–Crippen MR) is 46.9 cm³/mol. The average Bonchev–Trinajstić information content (AvgIpc) is 2.01. The zero-order valence-electron chi connectivity index (χ0n) is 7.21. The minimum Gasteiger partial charge on any atom is -0.481 e. The van der Waals surface area contributed by atoms with Gasteiger partial charge in [0.15, 0.2) is 0 Å². The maximum Gasteiger partial charge on any atom is 0.328 e. The van der Waals surface area contributed by atoms with E-state index < -0.39 is 17.9 Å². The summed E-state index contributed by atoms with van der Waals surface area (Å²) in [5.41, 5.74) is 0. The van der Waals surface area contributed by atoms with Gasteiger partial charge in [-0.3, -0.25) is 4.79 Å². The number of aliphatic carboxylic acids is 3. The number of rotatable bonds is 4. The highest BCUT2D eigenvalue weighted by Crippen LogP contribution is 1.74. The van der Waals surface area contributed by atoms with Crippen molar-refractivity contribution in [1.29, 1.82) is 0 Å².